The molecule has 10 heteroatoms. The Labute approximate surface area is 178 Å². The van der Waals surface area contributed by atoms with E-state index in [0.717, 1.165) is 29.5 Å². The van der Waals surface area contributed by atoms with Gasteiger partial charge in [0.15, 0.2) is 11.5 Å². The molecule has 2 aromatic heterocycles. The highest BCUT2D eigenvalue weighted by atomic mass is 19.3. The zero-order valence-electron chi connectivity index (χ0n) is 17.7. The van der Waals surface area contributed by atoms with E-state index in [2.05, 4.69) is 20.0 Å². The molecule has 1 aliphatic rings. The van der Waals surface area contributed by atoms with Crippen molar-refractivity contribution in [3.63, 3.8) is 0 Å². The number of aromatic nitrogens is 4. The molecule has 0 N–H and O–H groups in total. The Morgan fingerprint density at radius 1 is 1.10 bits per heavy atom. The molecule has 1 fully saturated rings. The molecule has 0 unspecified atom stereocenters. The topological polar surface area (TPSA) is 74.0 Å². The molecule has 1 aliphatic heterocycles. The summed E-state index contributed by atoms with van der Waals surface area (Å²) in [5.41, 5.74) is 1.47. The van der Waals surface area contributed by atoms with E-state index in [1.165, 1.54) is 12.4 Å². The third kappa shape index (κ3) is 4.25. The minimum Gasteiger partial charge on any atom is -0.493 e. The number of fused-ring (bicyclic) bond motifs is 1. The Morgan fingerprint density at radius 3 is 2.48 bits per heavy atom. The van der Waals surface area contributed by atoms with Crippen molar-refractivity contribution in [3.05, 3.63) is 41.5 Å². The third-order valence-electron chi connectivity index (χ3n) is 5.58. The molecule has 1 saturated heterocycles. The number of benzene rings is 1. The second-order valence-electron chi connectivity index (χ2n) is 7.49. The number of hydrogen-bond acceptors (Lipinski definition) is 7. The maximum Gasteiger partial charge on any atom is 0.280 e. The Morgan fingerprint density at radius 2 is 1.84 bits per heavy atom. The Kier molecular flexibility index (Phi) is 6.17. The first-order chi connectivity index (χ1) is 15.0. The number of nitrogens with zero attached hydrogens (tertiary/aromatic N) is 5. The van der Waals surface area contributed by atoms with Crippen molar-refractivity contribution in [3.8, 4) is 17.2 Å². The summed E-state index contributed by atoms with van der Waals surface area (Å²) in [6.07, 6.45) is 0.421. The molecule has 1 aromatic carbocycles. The zero-order valence-corrected chi connectivity index (χ0v) is 17.7. The molecular weight excluding hydrogens is 408 g/mol. The van der Waals surface area contributed by atoms with Gasteiger partial charge in [-0.25, -0.2) is 13.8 Å². The van der Waals surface area contributed by atoms with E-state index in [0.29, 0.717) is 36.0 Å². The molecule has 3 aromatic rings. The fourth-order valence-corrected chi connectivity index (χ4v) is 4.14. The molecule has 3 heterocycles. The fourth-order valence-electron chi connectivity index (χ4n) is 4.14. The van der Waals surface area contributed by atoms with Gasteiger partial charge in [-0.2, -0.15) is 14.6 Å². The van der Waals surface area contributed by atoms with E-state index in [-0.39, 0.29) is 17.4 Å². The molecule has 0 saturated carbocycles. The predicted octanol–water partition coefficient (Wildman–Crippen LogP) is 3.47. The number of likely N-dealkylation sites (tertiary alicyclic amines) is 1. The molecule has 1 atom stereocenters. The van der Waals surface area contributed by atoms with Crippen LogP contribution in [0, 0.1) is 0 Å². The highest BCUT2D eigenvalue weighted by Crippen LogP contribution is 2.39. The van der Waals surface area contributed by atoms with E-state index in [9.17, 15) is 8.78 Å². The lowest BCUT2D eigenvalue weighted by molar-refractivity contribution is 0.142. The SMILES string of the molecule is COc1cc(CN2CCC[C@H](c3cc(C(F)F)n4ncnc4n3)C2)cc(OC)c1OC. The number of alkyl halides is 2. The first-order valence-corrected chi connectivity index (χ1v) is 10.0. The van der Waals surface area contributed by atoms with Gasteiger partial charge in [0.1, 0.15) is 12.0 Å². The van der Waals surface area contributed by atoms with Crippen LogP contribution in [-0.2, 0) is 6.54 Å². The summed E-state index contributed by atoms with van der Waals surface area (Å²) in [6, 6.07) is 5.32. The number of halogens is 2. The molecule has 8 nitrogen and oxygen atoms in total. The van der Waals surface area contributed by atoms with Crippen molar-refractivity contribution in [2.75, 3.05) is 34.4 Å². The van der Waals surface area contributed by atoms with Gasteiger partial charge < -0.3 is 14.2 Å². The number of hydrogen-bond donors (Lipinski definition) is 0. The van der Waals surface area contributed by atoms with Crippen molar-refractivity contribution in [1.82, 2.24) is 24.5 Å². The summed E-state index contributed by atoms with van der Waals surface area (Å²) < 4.78 is 44.4. The first kappa shape index (κ1) is 21.2. The van der Waals surface area contributed by atoms with Crippen LogP contribution in [0.15, 0.2) is 24.5 Å². The van der Waals surface area contributed by atoms with E-state index in [1.54, 1.807) is 21.3 Å². The van der Waals surface area contributed by atoms with Crippen LogP contribution >= 0.6 is 0 Å². The Balaban J connectivity index is 1.57. The molecule has 31 heavy (non-hydrogen) atoms. The van der Waals surface area contributed by atoms with Crippen LogP contribution in [0.4, 0.5) is 8.78 Å². The number of methoxy groups -OCH3 is 3. The molecular formula is C21H25F2N5O3. The molecule has 0 bridgehead atoms. The van der Waals surface area contributed by atoms with Gasteiger partial charge in [0.2, 0.25) is 5.75 Å². The van der Waals surface area contributed by atoms with Crippen molar-refractivity contribution in [2.24, 2.45) is 0 Å². The molecule has 0 radical (unpaired) electrons. The smallest absolute Gasteiger partial charge is 0.280 e. The summed E-state index contributed by atoms with van der Waals surface area (Å²) in [4.78, 5) is 10.8. The zero-order chi connectivity index (χ0) is 22.0. The fraction of sp³-hybridized carbons (Fsp3) is 0.476. The monoisotopic (exact) mass is 433 g/mol. The van der Waals surface area contributed by atoms with Crippen molar-refractivity contribution >= 4 is 5.78 Å². The highest BCUT2D eigenvalue weighted by Gasteiger charge is 2.26. The maximum absolute atomic E-state index is 13.5. The van der Waals surface area contributed by atoms with Crippen LogP contribution in [-0.4, -0.2) is 58.9 Å². The summed E-state index contributed by atoms with van der Waals surface area (Å²) in [5, 5.41) is 3.86. The van der Waals surface area contributed by atoms with Gasteiger partial charge in [-0.1, -0.05) is 0 Å². The molecule has 0 aliphatic carbocycles. The summed E-state index contributed by atoms with van der Waals surface area (Å²) in [5.74, 6) is 2.00. The van der Waals surface area contributed by atoms with Crippen LogP contribution in [0.25, 0.3) is 5.78 Å². The average molecular weight is 433 g/mol. The highest BCUT2D eigenvalue weighted by molar-refractivity contribution is 5.53. The number of piperidine rings is 1. The van der Waals surface area contributed by atoms with Gasteiger partial charge in [-0.05, 0) is 43.1 Å². The lowest BCUT2D eigenvalue weighted by atomic mass is 9.93. The predicted molar refractivity (Wildman–Crippen MR) is 109 cm³/mol. The molecule has 166 valence electrons. The van der Waals surface area contributed by atoms with Gasteiger partial charge in [0, 0.05) is 19.0 Å². The molecule has 4 rings (SSSR count). The van der Waals surface area contributed by atoms with E-state index in [1.807, 2.05) is 12.1 Å². The normalized spacial score (nSPS) is 17.3. The lowest BCUT2D eigenvalue weighted by Gasteiger charge is -2.32. The summed E-state index contributed by atoms with van der Waals surface area (Å²) >= 11 is 0. The second-order valence-corrected chi connectivity index (χ2v) is 7.49. The number of rotatable bonds is 7. The Hall–Kier alpha value is -3.01. The van der Waals surface area contributed by atoms with E-state index in [4.69, 9.17) is 14.2 Å². The lowest BCUT2D eigenvalue weighted by Crippen LogP contribution is -2.34. The first-order valence-electron chi connectivity index (χ1n) is 10.0. The van der Waals surface area contributed by atoms with Crippen LogP contribution in [0.1, 0.15) is 42.1 Å². The van der Waals surface area contributed by atoms with E-state index >= 15 is 0 Å². The minimum absolute atomic E-state index is 0.0370. The van der Waals surface area contributed by atoms with Crippen LogP contribution in [0.5, 0.6) is 17.2 Å². The van der Waals surface area contributed by atoms with Gasteiger partial charge in [-0.15, -0.1) is 0 Å². The quantitative estimate of drug-likeness (QED) is 0.565. The largest absolute Gasteiger partial charge is 0.493 e. The summed E-state index contributed by atoms with van der Waals surface area (Å²) in [7, 11) is 4.75. The van der Waals surface area contributed by atoms with Crippen molar-refractivity contribution in [1.29, 1.82) is 0 Å². The standard InChI is InChI=1S/C21H25F2N5O3/c1-29-17-7-13(8-18(30-2)19(17)31-3)10-27-6-4-5-14(11-27)15-9-16(20(22)23)28-21(26-15)24-12-25-28/h7-9,12,14,20H,4-6,10-11H2,1-3H3/t14-/m0/s1. The third-order valence-corrected chi connectivity index (χ3v) is 5.58. The number of ether oxygens (including phenoxy) is 3. The van der Waals surface area contributed by atoms with Gasteiger partial charge >= 0.3 is 0 Å². The van der Waals surface area contributed by atoms with Crippen molar-refractivity contribution in [2.45, 2.75) is 31.7 Å². The van der Waals surface area contributed by atoms with Gasteiger partial charge in [-0.3, -0.25) is 4.90 Å². The maximum atomic E-state index is 13.5. The van der Waals surface area contributed by atoms with E-state index < -0.39 is 6.43 Å². The van der Waals surface area contributed by atoms with Gasteiger partial charge in [0.25, 0.3) is 12.2 Å². The average Bonchev–Trinajstić information content (AvgIpc) is 3.26. The molecule has 0 amide bonds. The van der Waals surface area contributed by atoms with Crippen LogP contribution in [0.2, 0.25) is 0 Å². The second kappa shape index (κ2) is 9.01. The summed E-state index contributed by atoms with van der Waals surface area (Å²) in [6.45, 7) is 2.28. The van der Waals surface area contributed by atoms with Crippen LogP contribution < -0.4 is 14.2 Å². The van der Waals surface area contributed by atoms with Crippen LogP contribution in [0.3, 0.4) is 0 Å². The van der Waals surface area contributed by atoms with Crippen molar-refractivity contribution < 1.29 is 23.0 Å². The Bertz CT molecular complexity index is 1030. The minimum atomic E-state index is -2.65. The van der Waals surface area contributed by atoms with Gasteiger partial charge in [0.05, 0.1) is 27.0 Å². The molecule has 0 spiro atoms.